The van der Waals surface area contributed by atoms with Gasteiger partial charge in [0.25, 0.3) is 5.91 Å². The molecule has 96 valence electrons. The molecule has 0 aliphatic rings. The number of carboxylic acid groups (broad SMARTS) is 1. The van der Waals surface area contributed by atoms with Gasteiger partial charge in [-0.05, 0) is 12.1 Å². The number of amides is 3. The van der Waals surface area contributed by atoms with Crippen LogP contribution in [0.2, 0.25) is 0 Å². The van der Waals surface area contributed by atoms with Crippen molar-refractivity contribution < 1.29 is 24.2 Å². The summed E-state index contributed by atoms with van der Waals surface area (Å²) in [6.07, 6.45) is 2.94. The zero-order valence-corrected chi connectivity index (χ0v) is 9.25. The van der Waals surface area contributed by atoms with Gasteiger partial charge in [-0.25, -0.2) is 9.59 Å². The van der Waals surface area contributed by atoms with Gasteiger partial charge in [0.2, 0.25) is 0 Å². The summed E-state index contributed by atoms with van der Waals surface area (Å²) in [6, 6.07) is 2.47. The van der Waals surface area contributed by atoms with Crippen molar-refractivity contribution in [2.24, 2.45) is 0 Å². The number of aromatic nitrogens is 1. The van der Waals surface area contributed by atoms with Gasteiger partial charge in [-0.1, -0.05) is 0 Å². The summed E-state index contributed by atoms with van der Waals surface area (Å²) in [5.74, 6) is -1.93. The van der Waals surface area contributed by atoms with Crippen LogP contribution in [-0.4, -0.2) is 41.2 Å². The highest BCUT2D eigenvalue weighted by Gasteiger charge is 2.08. The second kappa shape index (κ2) is 6.97. The van der Waals surface area contributed by atoms with Gasteiger partial charge in [-0.3, -0.25) is 15.1 Å². The van der Waals surface area contributed by atoms with E-state index in [0.717, 1.165) is 0 Å². The smallest absolute Gasteiger partial charge is 0.329 e. The Bertz CT molecular complexity index is 434. The first-order valence-corrected chi connectivity index (χ1v) is 4.88. The molecule has 0 aliphatic carbocycles. The van der Waals surface area contributed by atoms with Crippen molar-refractivity contribution in [1.29, 1.82) is 0 Å². The van der Waals surface area contributed by atoms with Gasteiger partial charge in [0.05, 0.1) is 11.9 Å². The number of hydrogen-bond donors (Lipinski definition) is 3. The highest BCUT2D eigenvalue weighted by Crippen LogP contribution is 2.01. The largest absolute Gasteiger partial charge is 0.480 e. The lowest BCUT2D eigenvalue weighted by molar-refractivity contribution is -0.143. The molecule has 3 N–H and O–H groups in total. The van der Waals surface area contributed by atoms with E-state index in [0.29, 0.717) is 5.69 Å². The zero-order valence-electron chi connectivity index (χ0n) is 9.25. The average Bonchev–Trinajstić information content (AvgIpc) is 2.29. The Morgan fingerprint density at radius 3 is 2.72 bits per heavy atom. The van der Waals surface area contributed by atoms with E-state index in [9.17, 15) is 14.4 Å². The maximum atomic E-state index is 11.3. The fraction of sp³-hybridized carbons (Fsp3) is 0.200. The summed E-state index contributed by atoms with van der Waals surface area (Å²) in [4.78, 5) is 36.3. The quantitative estimate of drug-likeness (QED) is 0.670. The van der Waals surface area contributed by atoms with Crippen LogP contribution in [0.4, 0.5) is 10.5 Å². The van der Waals surface area contributed by atoms with E-state index in [1.165, 1.54) is 12.4 Å². The van der Waals surface area contributed by atoms with Crippen LogP contribution >= 0.6 is 0 Å². The van der Waals surface area contributed by atoms with Gasteiger partial charge in [-0.15, -0.1) is 0 Å². The van der Waals surface area contributed by atoms with Crippen molar-refractivity contribution in [3.63, 3.8) is 0 Å². The number of carbonyl (C=O) groups is 3. The number of ether oxygens (including phenoxy) is 1. The number of pyridine rings is 1. The highest BCUT2D eigenvalue weighted by atomic mass is 16.5. The van der Waals surface area contributed by atoms with Crippen molar-refractivity contribution in [3.8, 4) is 0 Å². The number of aliphatic carboxylic acids is 1. The molecular formula is C10H11N3O5. The SMILES string of the molecule is O=C(O)COCC(=O)NC(=O)Nc1cccnc1. The number of imide groups is 1. The van der Waals surface area contributed by atoms with Crippen LogP contribution in [0.1, 0.15) is 0 Å². The van der Waals surface area contributed by atoms with E-state index < -0.39 is 31.1 Å². The number of nitrogens with zero attached hydrogens (tertiary/aromatic N) is 1. The Labute approximate surface area is 102 Å². The van der Waals surface area contributed by atoms with Crippen molar-refractivity contribution in [3.05, 3.63) is 24.5 Å². The lowest BCUT2D eigenvalue weighted by Crippen LogP contribution is -2.37. The molecule has 1 heterocycles. The molecule has 1 rings (SSSR count). The van der Waals surface area contributed by atoms with Gasteiger partial charge in [0.15, 0.2) is 0 Å². The normalized spacial score (nSPS) is 9.56. The van der Waals surface area contributed by atoms with E-state index in [1.807, 2.05) is 5.32 Å². The van der Waals surface area contributed by atoms with Crippen LogP contribution in [0.25, 0.3) is 0 Å². The fourth-order valence-electron chi connectivity index (χ4n) is 0.993. The molecule has 0 aromatic carbocycles. The van der Waals surface area contributed by atoms with Crippen molar-refractivity contribution >= 4 is 23.6 Å². The number of hydrogen-bond acceptors (Lipinski definition) is 5. The third kappa shape index (κ3) is 5.56. The van der Waals surface area contributed by atoms with Crippen LogP contribution in [0.5, 0.6) is 0 Å². The Hall–Kier alpha value is -2.48. The van der Waals surface area contributed by atoms with Gasteiger partial charge < -0.3 is 15.2 Å². The molecule has 8 nitrogen and oxygen atoms in total. The predicted molar refractivity (Wildman–Crippen MR) is 59.9 cm³/mol. The second-order valence-electron chi connectivity index (χ2n) is 3.13. The van der Waals surface area contributed by atoms with Crippen molar-refractivity contribution in [1.82, 2.24) is 10.3 Å². The number of anilines is 1. The molecular weight excluding hydrogens is 242 g/mol. The molecule has 3 amide bonds. The van der Waals surface area contributed by atoms with Crippen LogP contribution in [0.15, 0.2) is 24.5 Å². The summed E-state index contributed by atoms with van der Waals surface area (Å²) >= 11 is 0. The number of carboxylic acids is 1. The molecule has 0 unspecified atom stereocenters. The van der Waals surface area contributed by atoms with E-state index in [4.69, 9.17) is 5.11 Å². The van der Waals surface area contributed by atoms with Gasteiger partial charge in [0, 0.05) is 6.20 Å². The molecule has 0 bridgehead atoms. The monoisotopic (exact) mass is 253 g/mol. The molecule has 0 fully saturated rings. The molecule has 0 radical (unpaired) electrons. The summed E-state index contributed by atoms with van der Waals surface area (Å²) in [5.41, 5.74) is 0.425. The van der Waals surface area contributed by atoms with Crippen molar-refractivity contribution in [2.45, 2.75) is 0 Å². The van der Waals surface area contributed by atoms with E-state index in [-0.39, 0.29) is 0 Å². The summed E-state index contributed by atoms with van der Waals surface area (Å²) in [6.45, 7) is -1.11. The number of nitrogens with one attached hydrogen (secondary N) is 2. The summed E-state index contributed by atoms with van der Waals surface area (Å²) in [5, 5.41) is 12.6. The first-order chi connectivity index (χ1) is 8.58. The number of urea groups is 1. The maximum absolute atomic E-state index is 11.3. The van der Waals surface area contributed by atoms with Crippen LogP contribution in [0.3, 0.4) is 0 Å². The number of carbonyl (C=O) groups excluding carboxylic acids is 2. The standard InChI is InChI=1S/C10H11N3O5/c14-8(5-18-6-9(15)16)13-10(17)12-7-2-1-3-11-4-7/h1-4H,5-6H2,(H,15,16)(H2,12,13,14,17). The molecule has 1 aromatic rings. The van der Waals surface area contributed by atoms with Gasteiger partial charge >= 0.3 is 12.0 Å². The van der Waals surface area contributed by atoms with Crippen LogP contribution in [0, 0.1) is 0 Å². The Morgan fingerprint density at radius 2 is 2.11 bits per heavy atom. The highest BCUT2D eigenvalue weighted by molar-refractivity contribution is 6.01. The lowest BCUT2D eigenvalue weighted by Gasteiger charge is -2.05. The van der Waals surface area contributed by atoms with E-state index >= 15 is 0 Å². The topological polar surface area (TPSA) is 118 Å². The van der Waals surface area contributed by atoms with Crippen molar-refractivity contribution in [2.75, 3.05) is 18.5 Å². The molecule has 0 atom stereocenters. The predicted octanol–water partition coefficient (Wildman–Crippen LogP) is -0.169. The van der Waals surface area contributed by atoms with Crippen LogP contribution < -0.4 is 10.6 Å². The van der Waals surface area contributed by atoms with E-state index in [1.54, 1.807) is 12.1 Å². The van der Waals surface area contributed by atoms with Crippen LogP contribution in [-0.2, 0) is 14.3 Å². The molecule has 0 saturated carbocycles. The molecule has 1 aromatic heterocycles. The average molecular weight is 253 g/mol. The molecule has 0 aliphatic heterocycles. The maximum Gasteiger partial charge on any atom is 0.329 e. The lowest BCUT2D eigenvalue weighted by atomic mass is 10.4. The summed E-state index contributed by atoms with van der Waals surface area (Å²) < 4.78 is 4.50. The minimum atomic E-state index is -1.19. The van der Waals surface area contributed by atoms with Gasteiger partial charge in [0.1, 0.15) is 13.2 Å². The second-order valence-corrected chi connectivity index (χ2v) is 3.13. The number of rotatable bonds is 5. The molecule has 18 heavy (non-hydrogen) atoms. The Balaban J connectivity index is 2.27. The Morgan fingerprint density at radius 1 is 1.33 bits per heavy atom. The fourth-order valence-corrected chi connectivity index (χ4v) is 0.993. The molecule has 0 saturated heterocycles. The third-order valence-corrected chi connectivity index (χ3v) is 1.63. The first-order valence-electron chi connectivity index (χ1n) is 4.88. The first kappa shape index (κ1) is 13.6. The summed E-state index contributed by atoms with van der Waals surface area (Å²) in [7, 11) is 0. The zero-order chi connectivity index (χ0) is 13.4. The van der Waals surface area contributed by atoms with E-state index in [2.05, 4.69) is 15.0 Å². The van der Waals surface area contributed by atoms with Gasteiger partial charge in [-0.2, -0.15) is 0 Å². The minimum Gasteiger partial charge on any atom is -0.480 e. The minimum absolute atomic E-state index is 0.425. The Kier molecular flexibility index (Phi) is 5.26. The molecule has 0 spiro atoms. The molecule has 8 heteroatoms. The third-order valence-electron chi connectivity index (χ3n) is 1.63.